The summed E-state index contributed by atoms with van der Waals surface area (Å²) in [6.07, 6.45) is 0. The first kappa shape index (κ1) is 17.8. The molecule has 0 heterocycles. The maximum atomic E-state index is 12.3. The number of amides is 1. The predicted octanol–water partition coefficient (Wildman–Crippen LogP) is 4.17. The highest BCUT2D eigenvalue weighted by Crippen LogP contribution is 2.34. The number of rotatable bonds is 5. The molecule has 2 rings (SSSR count). The molecule has 2 aromatic rings. The highest BCUT2D eigenvalue weighted by molar-refractivity contribution is 6.37. The number of ether oxygens (including phenoxy) is 2. The molecule has 9 heteroatoms. The van der Waals surface area contributed by atoms with Crippen molar-refractivity contribution in [2.45, 2.75) is 0 Å². The van der Waals surface area contributed by atoms with Crippen LogP contribution in [-0.4, -0.2) is 25.1 Å². The molecule has 0 aliphatic rings. The van der Waals surface area contributed by atoms with E-state index in [0.29, 0.717) is 11.5 Å². The molecule has 0 saturated heterocycles. The number of nitro groups is 1. The van der Waals surface area contributed by atoms with Crippen LogP contribution in [0.3, 0.4) is 0 Å². The van der Waals surface area contributed by atoms with Crippen molar-refractivity contribution >= 4 is 40.5 Å². The minimum atomic E-state index is -0.659. The van der Waals surface area contributed by atoms with Crippen molar-refractivity contribution in [3.05, 3.63) is 56.1 Å². The Morgan fingerprint density at radius 3 is 2.33 bits per heavy atom. The van der Waals surface area contributed by atoms with Crippen molar-refractivity contribution in [1.82, 2.24) is 0 Å². The van der Waals surface area contributed by atoms with Gasteiger partial charge in [-0.15, -0.1) is 0 Å². The third kappa shape index (κ3) is 3.69. The number of methoxy groups -OCH3 is 2. The summed E-state index contributed by atoms with van der Waals surface area (Å²) in [4.78, 5) is 22.5. The van der Waals surface area contributed by atoms with Crippen molar-refractivity contribution < 1.29 is 19.2 Å². The van der Waals surface area contributed by atoms with Crippen LogP contribution in [0.1, 0.15) is 10.4 Å². The summed E-state index contributed by atoms with van der Waals surface area (Å²) < 4.78 is 10.2. The van der Waals surface area contributed by atoms with Gasteiger partial charge in [-0.2, -0.15) is 0 Å². The van der Waals surface area contributed by atoms with Crippen LogP contribution in [-0.2, 0) is 0 Å². The standard InChI is InChI=1S/C15H12Cl2N2O5/c1-23-13-4-3-8(5-14(13)24-2)15(20)18-11-6-10(17)12(19(21)22)7-9(11)16/h3-7H,1-2H3,(H,18,20). The van der Waals surface area contributed by atoms with E-state index >= 15 is 0 Å². The number of halogens is 2. The van der Waals surface area contributed by atoms with E-state index in [0.717, 1.165) is 6.07 Å². The molecule has 0 radical (unpaired) electrons. The van der Waals surface area contributed by atoms with Gasteiger partial charge in [0.15, 0.2) is 11.5 Å². The molecular formula is C15H12Cl2N2O5. The van der Waals surface area contributed by atoms with Gasteiger partial charge >= 0.3 is 0 Å². The minimum absolute atomic E-state index is 0.0000679. The lowest BCUT2D eigenvalue weighted by molar-refractivity contribution is -0.384. The van der Waals surface area contributed by atoms with Crippen LogP contribution in [0, 0.1) is 10.1 Å². The van der Waals surface area contributed by atoms with Crippen LogP contribution in [0.15, 0.2) is 30.3 Å². The van der Waals surface area contributed by atoms with Crippen molar-refractivity contribution in [3.63, 3.8) is 0 Å². The molecule has 0 fully saturated rings. The molecule has 0 saturated carbocycles. The Bertz CT molecular complexity index is 811. The first-order valence-corrected chi connectivity index (χ1v) is 7.29. The molecule has 7 nitrogen and oxygen atoms in total. The summed E-state index contributed by atoms with van der Waals surface area (Å²) in [6, 6.07) is 6.92. The lowest BCUT2D eigenvalue weighted by atomic mass is 10.1. The molecule has 0 aromatic heterocycles. The third-order valence-corrected chi connectivity index (χ3v) is 3.74. The van der Waals surface area contributed by atoms with E-state index in [2.05, 4.69) is 5.32 Å². The molecule has 0 aliphatic carbocycles. The average molecular weight is 371 g/mol. The van der Waals surface area contributed by atoms with Gasteiger partial charge in [0, 0.05) is 11.6 Å². The maximum absolute atomic E-state index is 12.3. The first-order chi connectivity index (χ1) is 11.4. The first-order valence-electron chi connectivity index (χ1n) is 6.54. The molecule has 2 aromatic carbocycles. The lowest BCUT2D eigenvalue weighted by Gasteiger charge is -2.11. The van der Waals surface area contributed by atoms with E-state index < -0.39 is 10.8 Å². The van der Waals surface area contributed by atoms with Gasteiger partial charge < -0.3 is 14.8 Å². The summed E-state index contributed by atoms with van der Waals surface area (Å²) in [5.41, 5.74) is 0.107. The van der Waals surface area contributed by atoms with Crippen LogP contribution in [0.25, 0.3) is 0 Å². The zero-order valence-electron chi connectivity index (χ0n) is 12.6. The molecule has 0 unspecified atom stereocenters. The number of nitro benzene ring substituents is 1. The van der Waals surface area contributed by atoms with Gasteiger partial charge in [-0.1, -0.05) is 23.2 Å². The molecule has 126 valence electrons. The SMILES string of the molecule is COc1ccc(C(=O)Nc2cc(Cl)c([N+](=O)[O-])cc2Cl)cc1OC. The Hall–Kier alpha value is -2.51. The van der Waals surface area contributed by atoms with Gasteiger partial charge in [-0.25, -0.2) is 0 Å². The second kappa shape index (κ2) is 7.37. The van der Waals surface area contributed by atoms with E-state index in [1.54, 1.807) is 6.07 Å². The molecule has 0 spiro atoms. The smallest absolute Gasteiger partial charge is 0.289 e. The Morgan fingerprint density at radius 1 is 1.08 bits per heavy atom. The second-order valence-corrected chi connectivity index (χ2v) is 5.38. The van der Waals surface area contributed by atoms with Gasteiger partial charge in [-0.05, 0) is 24.3 Å². The van der Waals surface area contributed by atoms with Crippen molar-refractivity contribution in [1.29, 1.82) is 0 Å². The van der Waals surface area contributed by atoms with Gasteiger partial charge in [0.05, 0.1) is 29.9 Å². The van der Waals surface area contributed by atoms with Crippen LogP contribution in [0.5, 0.6) is 11.5 Å². The fraction of sp³-hybridized carbons (Fsp3) is 0.133. The van der Waals surface area contributed by atoms with E-state index in [-0.39, 0.29) is 27.0 Å². The van der Waals surface area contributed by atoms with Crippen LogP contribution < -0.4 is 14.8 Å². The van der Waals surface area contributed by atoms with E-state index in [1.165, 1.54) is 32.4 Å². The van der Waals surface area contributed by atoms with Gasteiger partial charge in [0.25, 0.3) is 11.6 Å². The van der Waals surface area contributed by atoms with Crippen LogP contribution >= 0.6 is 23.2 Å². The number of benzene rings is 2. The maximum Gasteiger partial charge on any atom is 0.289 e. The van der Waals surface area contributed by atoms with Crippen molar-refractivity contribution in [2.24, 2.45) is 0 Å². The normalized spacial score (nSPS) is 10.2. The highest BCUT2D eigenvalue weighted by Gasteiger charge is 2.18. The minimum Gasteiger partial charge on any atom is -0.493 e. The quantitative estimate of drug-likeness (QED) is 0.629. The average Bonchev–Trinajstić information content (AvgIpc) is 2.56. The van der Waals surface area contributed by atoms with E-state index in [4.69, 9.17) is 32.7 Å². The monoisotopic (exact) mass is 370 g/mol. The molecule has 0 atom stereocenters. The topological polar surface area (TPSA) is 90.7 Å². The van der Waals surface area contributed by atoms with Gasteiger partial charge in [0.1, 0.15) is 5.02 Å². The number of carbonyl (C=O) groups excluding carboxylic acids is 1. The Kier molecular flexibility index (Phi) is 5.48. The van der Waals surface area contributed by atoms with Gasteiger partial charge in [-0.3, -0.25) is 14.9 Å². The predicted molar refractivity (Wildman–Crippen MR) is 90.6 cm³/mol. The van der Waals surface area contributed by atoms with Crippen LogP contribution in [0.4, 0.5) is 11.4 Å². The number of hydrogen-bond acceptors (Lipinski definition) is 5. The summed E-state index contributed by atoms with van der Waals surface area (Å²) in [6.45, 7) is 0. The second-order valence-electron chi connectivity index (χ2n) is 4.56. The Labute approximate surface area is 147 Å². The summed E-state index contributed by atoms with van der Waals surface area (Å²) in [7, 11) is 2.93. The number of hydrogen-bond donors (Lipinski definition) is 1. The van der Waals surface area contributed by atoms with E-state index in [1.807, 2.05) is 0 Å². The van der Waals surface area contributed by atoms with Crippen molar-refractivity contribution in [2.75, 3.05) is 19.5 Å². The molecule has 24 heavy (non-hydrogen) atoms. The summed E-state index contributed by atoms with van der Waals surface area (Å²) in [5.74, 6) is 0.381. The number of nitrogens with zero attached hydrogens (tertiary/aromatic N) is 1. The van der Waals surface area contributed by atoms with Crippen LogP contribution in [0.2, 0.25) is 10.0 Å². The van der Waals surface area contributed by atoms with Gasteiger partial charge in [0.2, 0.25) is 0 Å². The Balaban J connectivity index is 2.30. The lowest BCUT2D eigenvalue weighted by Crippen LogP contribution is -2.12. The largest absolute Gasteiger partial charge is 0.493 e. The number of anilines is 1. The molecule has 0 aliphatic heterocycles. The zero-order valence-corrected chi connectivity index (χ0v) is 14.1. The Morgan fingerprint density at radius 2 is 1.75 bits per heavy atom. The highest BCUT2D eigenvalue weighted by atomic mass is 35.5. The number of carbonyl (C=O) groups is 1. The molecule has 1 amide bonds. The molecule has 1 N–H and O–H groups in total. The fourth-order valence-corrected chi connectivity index (χ4v) is 2.38. The fourth-order valence-electron chi connectivity index (χ4n) is 1.94. The van der Waals surface area contributed by atoms with Crippen molar-refractivity contribution in [3.8, 4) is 11.5 Å². The molecular weight excluding hydrogens is 359 g/mol. The zero-order chi connectivity index (χ0) is 17.9. The van der Waals surface area contributed by atoms with E-state index in [9.17, 15) is 14.9 Å². The summed E-state index contributed by atoms with van der Waals surface area (Å²) in [5, 5.41) is 13.2. The summed E-state index contributed by atoms with van der Waals surface area (Å²) >= 11 is 11.8. The number of nitrogens with one attached hydrogen (secondary N) is 1. The molecule has 0 bridgehead atoms. The third-order valence-electron chi connectivity index (χ3n) is 3.13.